The van der Waals surface area contributed by atoms with Crippen LogP contribution in [-0.4, -0.2) is 30.0 Å². The SMILES string of the molecule is CC1(C)CCCN1S(=O)(=O)c1ccccc1-c1ccno1. The molecule has 0 unspecified atom stereocenters. The van der Waals surface area contributed by atoms with Crippen molar-refractivity contribution in [3.63, 3.8) is 0 Å². The monoisotopic (exact) mass is 306 g/mol. The molecule has 1 aliphatic heterocycles. The first-order chi connectivity index (χ1) is 9.93. The van der Waals surface area contributed by atoms with E-state index in [1.807, 2.05) is 13.8 Å². The van der Waals surface area contributed by atoms with Crippen molar-refractivity contribution in [2.24, 2.45) is 0 Å². The first-order valence-corrected chi connectivity index (χ1v) is 8.40. The summed E-state index contributed by atoms with van der Waals surface area (Å²) in [5, 5.41) is 3.66. The average Bonchev–Trinajstić information content (AvgIpc) is 3.07. The van der Waals surface area contributed by atoms with Crippen LogP contribution in [0.25, 0.3) is 11.3 Å². The molecule has 2 aromatic rings. The van der Waals surface area contributed by atoms with Gasteiger partial charge in [0.2, 0.25) is 10.0 Å². The average molecular weight is 306 g/mol. The Morgan fingerprint density at radius 1 is 1.24 bits per heavy atom. The zero-order valence-corrected chi connectivity index (χ0v) is 12.9. The summed E-state index contributed by atoms with van der Waals surface area (Å²) in [7, 11) is -3.56. The highest BCUT2D eigenvalue weighted by molar-refractivity contribution is 7.89. The fourth-order valence-corrected chi connectivity index (χ4v) is 4.94. The van der Waals surface area contributed by atoms with Crippen LogP contribution in [0.2, 0.25) is 0 Å². The Balaban J connectivity index is 2.13. The van der Waals surface area contributed by atoms with Crippen molar-refractivity contribution >= 4 is 10.0 Å². The third kappa shape index (κ3) is 2.38. The number of rotatable bonds is 3. The molecule has 6 heteroatoms. The molecule has 112 valence electrons. The highest BCUT2D eigenvalue weighted by Gasteiger charge is 2.41. The summed E-state index contributed by atoms with van der Waals surface area (Å²) >= 11 is 0. The molecule has 0 atom stereocenters. The summed E-state index contributed by atoms with van der Waals surface area (Å²) in [6, 6.07) is 8.57. The second-order valence-corrected chi connectivity index (χ2v) is 7.70. The van der Waals surface area contributed by atoms with Crippen LogP contribution < -0.4 is 0 Å². The van der Waals surface area contributed by atoms with Crippen LogP contribution in [0.15, 0.2) is 45.9 Å². The minimum Gasteiger partial charge on any atom is -0.356 e. The Morgan fingerprint density at radius 3 is 2.62 bits per heavy atom. The van der Waals surface area contributed by atoms with Gasteiger partial charge in [-0.1, -0.05) is 17.3 Å². The molecule has 2 heterocycles. The number of sulfonamides is 1. The van der Waals surface area contributed by atoms with Crippen molar-refractivity contribution in [1.82, 2.24) is 9.46 Å². The Morgan fingerprint density at radius 2 is 2.00 bits per heavy atom. The minimum absolute atomic E-state index is 0.275. The molecule has 1 saturated heterocycles. The van der Waals surface area contributed by atoms with Gasteiger partial charge in [-0.15, -0.1) is 0 Å². The van der Waals surface area contributed by atoms with Crippen LogP contribution in [-0.2, 0) is 10.0 Å². The van der Waals surface area contributed by atoms with E-state index >= 15 is 0 Å². The second kappa shape index (κ2) is 4.96. The smallest absolute Gasteiger partial charge is 0.244 e. The molecule has 1 aromatic carbocycles. The molecule has 0 saturated carbocycles. The fourth-order valence-electron chi connectivity index (χ4n) is 2.90. The lowest BCUT2D eigenvalue weighted by molar-refractivity contribution is 0.291. The van der Waals surface area contributed by atoms with E-state index in [2.05, 4.69) is 5.16 Å². The number of hydrogen-bond acceptors (Lipinski definition) is 4. The Kier molecular flexibility index (Phi) is 3.37. The van der Waals surface area contributed by atoms with Crippen LogP contribution >= 0.6 is 0 Å². The topological polar surface area (TPSA) is 63.4 Å². The normalized spacial score (nSPS) is 19.0. The fraction of sp³-hybridized carbons (Fsp3) is 0.400. The molecular weight excluding hydrogens is 288 g/mol. The van der Waals surface area contributed by atoms with Gasteiger partial charge in [-0.05, 0) is 38.8 Å². The molecular formula is C15H18N2O3S. The summed E-state index contributed by atoms with van der Waals surface area (Å²) in [6.45, 7) is 4.49. The Labute approximate surface area is 124 Å². The van der Waals surface area contributed by atoms with Crippen LogP contribution in [0, 0.1) is 0 Å². The van der Waals surface area contributed by atoms with Crippen molar-refractivity contribution in [1.29, 1.82) is 0 Å². The summed E-state index contributed by atoms with van der Waals surface area (Å²) < 4.78 is 32.8. The maximum atomic E-state index is 13.0. The Hall–Kier alpha value is -1.66. The maximum Gasteiger partial charge on any atom is 0.244 e. The van der Waals surface area contributed by atoms with E-state index in [1.165, 1.54) is 6.20 Å². The molecule has 1 aromatic heterocycles. The molecule has 0 amide bonds. The highest BCUT2D eigenvalue weighted by Crippen LogP contribution is 2.37. The lowest BCUT2D eigenvalue weighted by Crippen LogP contribution is -2.42. The molecule has 0 radical (unpaired) electrons. The minimum atomic E-state index is -3.56. The first-order valence-electron chi connectivity index (χ1n) is 6.96. The van der Waals surface area contributed by atoms with Crippen molar-refractivity contribution in [2.75, 3.05) is 6.54 Å². The number of benzene rings is 1. The number of aromatic nitrogens is 1. The summed E-state index contributed by atoms with van der Waals surface area (Å²) in [6.07, 6.45) is 3.27. The largest absolute Gasteiger partial charge is 0.356 e. The first kappa shape index (κ1) is 14.3. The quantitative estimate of drug-likeness (QED) is 0.874. The predicted octanol–water partition coefficient (Wildman–Crippen LogP) is 2.90. The molecule has 21 heavy (non-hydrogen) atoms. The van der Waals surface area contributed by atoms with Gasteiger partial charge < -0.3 is 4.52 Å². The molecule has 0 spiro atoms. The molecule has 5 nitrogen and oxygen atoms in total. The van der Waals surface area contributed by atoms with Gasteiger partial charge in [0.25, 0.3) is 0 Å². The molecule has 0 bridgehead atoms. The third-order valence-electron chi connectivity index (χ3n) is 3.98. The van der Waals surface area contributed by atoms with E-state index in [9.17, 15) is 8.42 Å². The van der Waals surface area contributed by atoms with E-state index in [4.69, 9.17) is 4.52 Å². The van der Waals surface area contributed by atoms with Gasteiger partial charge >= 0.3 is 0 Å². The Bertz CT molecular complexity index is 736. The van der Waals surface area contributed by atoms with Crippen molar-refractivity contribution in [3.8, 4) is 11.3 Å². The van der Waals surface area contributed by atoms with Crippen LogP contribution in [0.5, 0.6) is 0 Å². The van der Waals surface area contributed by atoms with Crippen LogP contribution in [0.1, 0.15) is 26.7 Å². The molecule has 1 aliphatic rings. The summed E-state index contributed by atoms with van der Waals surface area (Å²) in [5.74, 6) is 0.464. The third-order valence-corrected chi connectivity index (χ3v) is 6.15. The van der Waals surface area contributed by atoms with Gasteiger partial charge in [-0.25, -0.2) is 8.42 Å². The van der Waals surface area contributed by atoms with Gasteiger partial charge in [-0.2, -0.15) is 4.31 Å². The zero-order valence-electron chi connectivity index (χ0n) is 12.1. The predicted molar refractivity (Wildman–Crippen MR) is 79.1 cm³/mol. The zero-order chi connectivity index (χ0) is 15.1. The van der Waals surface area contributed by atoms with E-state index in [1.54, 1.807) is 34.6 Å². The summed E-state index contributed by atoms with van der Waals surface area (Å²) in [5.41, 5.74) is 0.200. The van der Waals surface area contributed by atoms with Crippen molar-refractivity contribution in [3.05, 3.63) is 36.5 Å². The summed E-state index contributed by atoms with van der Waals surface area (Å²) in [4.78, 5) is 0.275. The van der Waals surface area contributed by atoms with Crippen molar-refractivity contribution in [2.45, 2.75) is 37.1 Å². The van der Waals surface area contributed by atoms with E-state index in [0.29, 0.717) is 17.9 Å². The lowest BCUT2D eigenvalue weighted by Gasteiger charge is -2.31. The molecule has 0 aliphatic carbocycles. The van der Waals surface area contributed by atoms with Gasteiger partial charge in [0.15, 0.2) is 5.76 Å². The van der Waals surface area contributed by atoms with Crippen LogP contribution in [0.3, 0.4) is 0 Å². The van der Waals surface area contributed by atoms with E-state index in [0.717, 1.165) is 12.8 Å². The molecule has 1 fully saturated rings. The number of nitrogens with zero attached hydrogens (tertiary/aromatic N) is 2. The van der Waals surface area contributed by atoms with Crippen LogP contribution in [0.4, 0.5) is 0 Å². The number of hydrogen-bond donors (Lipinski definition) is 0. The second-order valence-electron chi connectivity index (χ2n) is 5.87. The molecule has 0 N–H and O–H groups in total. The van der Waals surface area contributed by atoms with Gasteiger partial charge in [-0.3, -0.25) is 0 Å². The maximum absolute atomic E-state index is 13.0. The molecule has 3 rings (SSSR count). The van der Waals surface area contributed by atoms with Gasteiger partial charge in [0.05, 0.1) is 11.1 Å². The van der Waals surface area contributed by atoms with Crippen molar-refractivity contribution < 1.29 is 12.9 Å². The van der Waals surface area contributed by atoms with E-state index in [-0.39, 0.29) is 10.4 Å². The van der Waals surface area contributed by atoms with E-state index < -0.39 is 10.0 Å². The van der Waals surface area contributed by atoms with Gasteiger partial charge in [0.1, 0.15) is 0 Å². The standard InChI is InChI=1S/C15H18N2O3S/c1-15(2)9-5-11-17(15)21(18,19)14-7-4-3-6-12(14)13-8-10-16-20-13/h3-4,6-8,10H,5,9,11H2,1-2H3. The van der Waals surface area contributed by atoms with Gasteiger partial charge in [0, 0.05) is 23.7 Å². The lowest BCUT2D eigenvalue weighted by atomic mass is 10.0. The highest BCUT2D eigenvalue weighted by atomic mass is 32.2.